The molecule has 0 aliphatic heterocycles. The Bertz CT molecular complexity index is 428. The van der Waals surface area contributed by atoms with Gasteiger partial charge >= 0.3 is 0 Å². The minimum absolute atomic E-state index is 0.0294. The van der Waals surface area contributed by atoms with Crippen LogP contribution in [0.3, 0.4) is 0 Å². The average molecular weight is 293 g/mol. The van der Waals surface area contributed by atoms with Gasteiger partial charge in [-0.05, 0) is 36.5 Å². The monoisotopic (exact) mass is 293 g/mol. The number of ether oxygens (including phenoxy) is 1. The van der Waals surface area contributed by atoms with E-state index in [1.54, 1.807) is 7.11 Å². The number of aliphatic hydroxyl groups excluding tert-OH is 1. The van der Waals surface area contributed by atoms with E-state index < -0.39 is 0 Å². The molecule has 1 aromatic rings. The zero-order valence-corrected chi connectivity index (χ0v) is 13.4. The number of rotatable bonds is 8. The van der Waals surface area contributed by atoms with Crippen LogP contribution in [0.5, 0.6) is 5.75 Å². The Morgan fingerprint density at radius 3 is 2.38 bits per heavy atom. The second-order valence-corrected chi connectivity index (χ2v) is 5.84. The largest absolute Gasteiger partial charge is 0.497 e. The highest BCUT2D eigenvalue weighted by molar-refractivity contribution is 5.78. The fraction of sp³-hybridized carbons (Fsp3) is 0.588. The molecule has 0 aliphatic rings. The van der Waals surface area contributed by atoms with Gasteiger partial charge in [0.2, 0.25) is 5.91 Å². The highest BCUT2D eigenvalue weighted by Crippen LogP contribution is 2.14. The van der Waals surface area contributed by atoms with Crippen LogP contribution < -0.4 is 10.1 Å². The maximum absolute atomic E-state index is 12.0. The molecule has 4 nitrogen and oxygen atoms in total. The van der Waals surface area contributed by atoms with Crippen LogP contribution in [0.15, 0.2) is 24.3 Å². The lowest BCUT2D eigenvalue weighted by Gasteiger charge is -2.16. The third-order valence-corrected chi connectivity index (χ3v) is 3.66. The molecule has 0 saturated carbocycles. The summed E-state index contributed by atoms with van der Waals surface area (Å²) in [4.78, 5) is 12.0. The van der Waals surface area contributed by atoms with Gasteiger partial charge < -0.3 is 15.2 Å². The Morgan fingerprint density at radius 2 is 1.86 bits per heavy atom. The number of benzene rings is 1. The van der Waals surface area contributed by atoms with Crippen molar-refractivity contribution in [2.24, 2.45) is 11.8 Å². The van der Waals surface area contributed by atoms with Crippen molar-refractivity contribution in [2.45, 2.75) is 39.7 Å². The molecule has 0 fully saturated rings. The maximum Gasteiger partial charge on any atom is 0.223 e. The fourth-order valence-corrected chi connectivity index (χ4v) is 2.06. The average Bonchev–Trinajstić information content (AvgIpc) is 2.47. The summed E-state index contributed by atoms with van der Waals surface area (Å²) in [6.07, 6.45) is 0.934. The molecular formula is C17H27NO3. The standard InChI is InChI=1S/C17H27NO3/c1-12(2)16(19)9-10-18-17(20)13(3)11-14-5-7-15(21-4)8-6-14/h5-8,12-13,16,19H,9-11H2,1-4H3,(H,18,20). The Hall–Kier alpha value is -1.55. The molecule has 1 aromatic carbocycles. The van der Waals surface area contributed by atoms with Gasteiger partial charge in [0.15, 0.2) is 0 Å². The van der Waals surface area contributed by atoms with Crippen LogP contribution in [-0.4, -0.2) is 30.8 Å². The third-order valence-electron chi connectivity index (χ3n) is 3.66. The number of nitrogens with one attached hydrogen (secondary N) is 1. The lowest BCUT2D eigenvalue weighted by molar-refractivity contribution is -0.124. The molecule has 118 valence electrons. The van der Waals surface area contributed by atoms with Crippen molar-refractivity contribution < 1.29 is 14.6 Å². The van der Waals surface area contributed by atoms with Crippen molar-refractivity contribution in [3.05, 3.63) is 29.8 Å². The first-order valence-electron chi connectivity index (χ1n) is 7.52. The number of amides is 1. The zero-order chi connectivity index (χ0) is 15.8. The normalized spacial score (nSPS) is 13.8. The summed E-state index contributed by atoms with van der Waals surface area (Å²) in [5.74, 6) is 0.980. The predicted octanol–water partition coefficient (Wildman–Crippen LogP) is 2.40. The van der Waals surface area contributed by atoms with Gasteiger partial charge in [0.25, 0.3) is 0 Å². The first-order valence-corrected chi connectivity index (χ1v) is 7.52. The summed E-state index contributed by atoms with van der Waals surface area (Å²) in [6.45, 7) is 6.38. The second-order valence-electron chi connectivity index (χ2n) is 5.84. The van der Waals surface area contributed by atoms with Crippen LogP contribution in [0.1, 0.15) is 32.8 Å². The molecule has 0 saturated heterocycles. The summed E-state index contributed by atoms with van der Waals surface area (Å²) < 4.78 is 5.11. The number of aliphatic hydroxyl groups is 1. The van der Waals surface area contributed by atoms with E-state index in [4.69, 9.17) is 4.74 Å². The first-order chi connectivity index (χ1) is 9.93. The van der Waals surface area contributed by atoms with Gasteiger partial charge in [0, 0.05) is 12.5 Å². The highest BCUT2D eigenvalue weighted by Gasteiger charge is 2.14. The molecule has 0 heterocycles. The zero-order valence-electron chi connectivity index (χ0n) is 13.4. The number of carbonyl (C=O) groups is 1. The molecular weight excluding hydrogens is 266 g/mol. The molecule has 21 heavy (non-hydrogen) atoms. The van der Waals surface area contributed by atoms with Crippen molar-refractivity contribution in [3.8, 4) is 5.75 Å². The van der Waals surface area contributed by atoms with Gasteiger partial charge in [0.1, 0.15) is 5.75 Å². The summed E-state index contributed by atoms with van der Waals surface area (Å²) in [5.41, 5.74) is 1.11. The fourth-order valence-electron chi connectivity index (χ4n) is 2.06. The van der Waals surface area contributed by atoms with Crippen molar-refractivity contribution in [1.82, 2.24) is 5.32 Å². The van der Waals surface area contributed by atoms with E-state index in [2.05, 4.69) is 5.32 Å². The molecule has 0 radical (unpaired) electrons. The summed E-state index contributed by atoms with van der Waals surface area (Å²) in [5, 5.41) is 12.6. The minimum atomic E-state index is -0.359. The number of carbonyl (C=O) groups excluding carboxylic acids is 1. The van der Waals surface area contributed by atoms with Crippen LogP contribution in [-0.2, 0) is 11.2 Å². The number of methoxy groups -OCH3 is 1. The minimum Gasteiger partial charge on any atom is -0.497 e. The van der Waals surface area contributed by atoms with Crippen LogP contribution >= 0.6 is 0 Å². The lowest BCUT2D eigenvalue weighted by Crippen LogP contribution is -2.33. The summed E-state index contributed by atoms with van der Waals surface area (Å²) >= 11 is 0. The van der Waals surface area contributed by atoms with E-state index in [0.717, 1.165) is 11.3 Å². The first kappa shape index (κ1) is 17.5. The number of hydrogen-bond acceptors (Lipinski definition) is 3. The summed E-state index contributed by atoms with van der Waals surface area (Å²) in [7, 11) is 1.64. The van der Waals surface area contributed by atoms with Crippen LogP contribution in [0.2, 0.25) is 0 Å². The molecule has 4 heteroatoms. The summed E-state index contributed by atoms with van der Waals surface area (Å²) in [6, 6.07) is 7.76. The lowest BCUT2D eigenvalue weighted by atomic mass is 10.00. The predicted molar refractivity (Wildman–Crippen MR) is 84.3 cm³/mol. The van der Waals surface area contributed by atoms with Crippen LogP contribution in [0.25, 0.3) is 0 Å². The Kier molecular flexibility index (Phi) is 7.23. The van der Waals surface area contributed by atoms with E-state index in [-0.39, 0.29) is 23.8 Å². The van der Waals surface area contributed by atoms with Crippen LogP contribution in [0.4, 0.5) is 0 Å². The van der Waals surface area contributed by atoms with Crippen LogP contribution in [0, 0.1) is 11.8 Å². The van der Waals surface area contributed by atoms with E-state index in [1.165, 1.54) is 0 Å². The van der Waals surface area contributed by atoms with Gasteiger partial charge in [-0.25, -0.2) is 0 Å². The van der Waals surface area contributed by atoms with Crippen molar-refractivity contribution >= 4 is 5.91 Å². The van der Waals surface area contributed by atoms with E-state index in [9.17, 15) is 9.90 Å². The molecule has 1 amide bonds. The van der Waals surface area contributed by atoms with Crippen molar-refractivity contribution in [1.29, 1.82) is 0 Å². The maximum atomic E-state index is 12.0. The molecule has 2 N–H and O–H groups in total. The molecule has 0 aliphatic carbocycles. The topological polar surface area (TPSA) is 58.6 Å². The Morgan fingerprint density at radius 1 is 1.24 bits per heavy atom. The van der Waals surface area contributed by atoms with E-state index >= 15 is 0 Å². The molecule has 2 atom stereocenters. The third kappa shape index (κ3) is 6.17. The molecule has 2 unspecified atom stereocenters. The quantitative estimate of drug-likeness (QED) is 0.774. The second kappa shape index (κ2) is 8.67. The van der Waals surface area contributed by atoms with Gasteiger partial charge in [0.05, 0.1) is 13.2 Å². The van der Waals surface area contributed by atoms with E-state index in [0.29, 0.717) is 19.4 Å². The van der Waals surface area contributed by atoms with Crippen molar-refractivity contribution in [3.63, 3.8) is 0 Å². The van der Waals surface area contributed by atoms with Gasteiger partial charge in [-0.3, -0.25) is 4.79 Å². The van der Waals surface area contributed by atoms with Gasteiger partial charge in [-0.2, -0.15) is 0 Å². The number of hydrogen-bond donors (Lipinski definition) is 2. The van der Waals surface area contributed by atoms with Gasteiger partial charge in [-0.1, -0.05) is 32.9 Å². The Balaban J connectivity index is 2.36. The smallest absolute Gasteiger partial charge is 0.223 e. The van der Waals surface area contributed by atoms with Gasteiger partial charge in [-0.15, -0.1) is 0 Å². The molecule has 0 bridgehead atoms. The van der Waals surface area contributed by atoms with Crippen molar-refractivity contribution in [2.75, 3.05) is 13.7 Å². The molecule has 0 aromatic heterocycles. The van der Waals surface area contributed by atoms with E-state index in [1.807, 2.05) is 45.0 Å². The SMILES string of the molecule is COc1ccc(CC(C)C(=O)NCCC(O)C(C)C)cc1. The Labute approximate surface area is 127 Å². The molecule has 0 spiro atoms. The highest BCUT2D eigenvalue weighted by atomic mass is 16.5. The molecule has 1 rings (SSSR count).